The quantitative estimate of drug-likeness (QED) is 0.257. The van der Waals surface area contributed by atoms with E-state index in [1.165, 1.54) is 50.5 Å². The van der Waals surface area contributed by atoms with Crippen molar-refractivity contribution in [2.75, 3.05) is 0 Å². The molecule has 2 unspecified atom stereocenters. The van der Waals surface area contributed by atoms with Crippen molar-refractivity contribution >= 4 is 11.4 Å². The number of pyridine rings is 1. The number of benzene rings is 3. The Morgan fingerprint density at radius 2 is 1.20 bits per heavy atom. The minimum Gasteiger partial charge on any atom is -0.179 e. The molecule has 5 heterocycles. The van der Waals surface area contributed by atoms with Crippen LogP contribution in [0.5, 0.6) is 0 Å². The zero-order valence-electron chi connectivity index (χ0n) is 23.2. The van der Waals surface area contributed by atoms with Crippen LogP contribution < -0.4 is 4.57 Å². The number of hydrogen-bond acceptors (Lipinski definition) is 0. The molecule has 194 valence electrons. The normalized spacial score (nSPS) is 24.1. The van der Waals surface area contributed by atoms with Crippen LogP contribution in [0.15, 0.2) is 122 Å². The summed E-state index contributed by atoms with van der Waals surface area (Å²) in [6, 6.07) is 33.8. The summed E-state index contributed by atoms with van der Waals surface area (Å²) in [6.07, 6.45) is 15.9. The Balaban J connectivity index is 1.60. The third-order valence-corrected chi connectivity index (χ3v) is 9.70. The van der Waals surface area contributed by atoms with Gasteiger partial charge in [0.2, 0.25) is 5.69 Å². The summed E-state index contributed by atoms with van der Waals surface area (Å²) < 4.78 is 7.84. The lowest BCUT2D eigenvalue weighted by molar-refractivity contribution is -0.936. The molecule has 4 aliphatic rings. The second kappa shape index (κ2) is 8.56. The molecule has 0 amide bonds. The van der Waals surface area contributed by atoms with Gasteiger partial charge in [0.15, 0.2) is 30.0 Å². The fourth-order valence-electron chi connectivity index (χ4n) is 8.08. The molecule has 40 heavy (non-hydrogen) atoms. The van der Waals surface area contributed by atoms with Crippen molar-refractivity contribution in [1.82, 2.24) is 0 Å². The predicted octanol–water partition coefficient (Wildman–Crippen LogP) is 6.81. The molecule has 0 bridgehead atoms. The summed E-state index contributed by atoms with van der Waals surface area (Å²) in [5.74, 6) is 0. The van der Waals surface area contributed by atoms with E-state index >= 15 is 0 Å². The van der Waals surface area contributed by atoms with Gasteiger partial charge in [0.1, 0.15) is 5.56 Å². The number of rotatable bonds is 2. The van der Waals surface area contributed by atoms with Gasteiger partial charge in [-0.2, -0.15) is 4.58 Å². The zero-order chi connectivity index (χ0) is 26.9. The van der Waals surface area contributed by atoms with E-state index in [-0.39, 0.29) is 0 Å². The second-order valence-electron chi connectivity index (χ2n) is 11.6. The van der Waals surface area contributed by atoms with Crippen molar-refractivity contribution in [1.29, 1.82) is 0 Å². The molecule has 3 nitrogen and oxygen atoms in total. The van der Waals surface area contributed by atoms with Gasteiger partial charge in [0.05, 0.1) is 16.7 Å². The maximum atomic E-state index is 2.64. The number of allylic oxidation sites excluding steroid dienone is 2. The first kappa shape index (κ1) is 23.5. The van der Waals surface area contributed by atoms with E-state index < -0.39 is 11.2 Å². The topological polar surface area (TPSA) is 9.90 Å². The smallest absolute Gasteiger partial charge is 0.179 e. The van der Waals surface area contributed by atoms with E-state index in [0.717, 1.165) is 25.7 Å². The fourth-order valence-corrected chi connectivity index (χ4v) is 8.08. The molecule has 0 fully saturated rings. The van der Waals surface area contributed by atoms with Crippen molar-refractivity contribution in [3.63, 3.8) is 0 Å². The Kier molecular flexibility index (Phi) is 5.03. The summed E-state index contributed by atoms with van der Waals surface area (Å²) in [6.45, 7) is 4.74. The highest BCUT2D eigenvalue weighted by atomic mass is 15.4. The highest BCUT2D eigenvalue weighted by Gasteiger charge is 2.80. The number of aryl methyl sites for hydroxylation is 1. The zero-order valence-corrected chi connectivity index (χ0v) is 23.2. The molecule has 1 spiro atoms. The van der Waals surface area contributed by atoms with Gasteiger partial charge in [-0.25, -0.2) is 0 Å². The van der Waals surface area contributed by atoms with Gasteiger partial charge in [-0.15, -0.1) is 9.14 Å². The lowest BCUT2D eigenvalue weighted by atomic mass is 9.68. The summed E-state index contributed by atoms with van der Waals surface area (Å²) in [5.41, 5.74) is 11.1. The van der Waals surface area contributed by atoms with E-state index in [1.54, 1.807) is 0 Å². The van der Waals surface area contributed by atoms with Gasteiger partial charge in [0, 0.05) is 37.5 Å². The van der Waals surface area contributed by atoms with Gasteiger partial charge in [-0.1, -0.05) is 48.5 Å². The van der Waals surface area contributed by atoms with E-state index in [0.29, 0.717) is 0 Å². The molecule has 0 radical (unpaired) electrons. The van der Waals surface area contributed by atoms with Crippen LogP contribution in [0.4, 0.5) is 0 Å². The van der Waals surface area contributed by atoms with Crippen molar-refractivity contribution in [2.45, 2.75) is 50.7 Å². The number of fused-ring (bicyclic) bond motifs is 8. The van der Waals surface area contributed by atoms with E-state index in [1.807, 2.05) is 0 Å². The molecule has 0 N–H and O–H groups in total. The molecular weight excluding hydrogens is 486 g/mol. The van der Waals surface area contributed by atoms with Crippen LogP contribution >= 0.6 is 0 Å². The van der Waals surface area contributed by atoms with Gasteiger partial charge < -0.3 is 0 Å². The van der Waals surface area contributed by atoms with Gasteiger partial charge in [0.25, 0.3) is 0 Å². The predicted molar refractivity (Wildman–Crippen MR) is 160 cm³/mol. The molecule has 0 saturated carbocycles. The Morgan fingerprint density at radius 1 is 0.600 bits per heavy atom. The van der Waals surface area contributed by atoms with E-state index in [2.05, 4.69) is 149 Å². The molecule has 4 aromatic rings. The highest BCUT2D eigenvalue weighted by molar-refractivity contribution is 6.01. The van der Waals surface area contributed by atoms with Crippen molar-refractivity contribution in [3.05, 3.63) is 150 Å². The van der Waals surface area contributed by atoms with Crippen LogP contribution in [0.3, 0.4) is 0 Å². The molecule has 0 saturated heterocycles. The van der Waals surface area contributed by atoms with Gasteiger partial charge >= 0.3 is 11.2 Å². The SMILES string of the molecule is Cc1ccccc1C1=[N+](C2(C)c3ccccc3C3=[N+](C=CCC3)C23c2ccccc2-c2cccc[n+]23)C=CCC1. The monoisotopic (exact) mass is 520 g/mol. The van der Waals surface area contributed by atoms with Crippen LogP contribution in [-0.4, -0.2) is 20.6 Å². The van der Waals surface area contributed by atoms with Gasteiger partial charge in [-0.05, 0) is 67.8 Å². The Labute approximate surface area is 236 Å². The van der Waals surface area contributed by atoms with Crippen molar-refractivity contribution in [3.8, 4) is 11.3 Å². The Morgan fingerprint density at radius 3 is 1.98 bits per heavy atom. The Bertz CT molecular complexity index is 1790. The first-order valence-electron chi connectivity index (χ1n) is 14.6. The maximum Gasteiger partial charge on any atom is 0.458 e. The summed E-state index contributed by atoms with van der Waals surface area (Å²) in [4.78, 5) is 0. The minimum atomic E-state index is -0.531. The molecular formula is C37H34N3+3. The number of nitrogens with zero attached hydrogens (tertiary/aromatic N) is 3. The van der Waals surface area contributed by atoms with Crippen LogP contribution in [-0.2, 0) is 11.2 Å². The van der Waals surface area contributed by atoms with Crippen LogP contribution in [0.1, 0.15) is 60.4 Å². The fraction of sp³-hybridized carbons (Fsp3) is 0.216. The molecule has 4 aliphatic heterocycles. The first-order chi connectivity index (χ1) is 19.7. The average Bonchev–Trinajstić information content (AvgIpc) is 3.32. The number of aromatic nitrogens is 1. The molecule has 8 rings (SSSR count). The van der Waals surface area contributed by atoms with E-state index in [4.69, 9.17) is 0 Å². The molecule has 0 aliphatic carbocycles. The molecule has 2 atom stereocenters. The van der Waals surface area contributed by atoms with Crippen LogP contribution in [0, 0.1) is 6.92 Å². The number of hydrogen-bond donors (Lipinski definition) is 0. The average molecular weight is 521 g/mol. The first-order valence-corrected chi connectivity index (χ1v) is 14.6. The lowest BCUT2D eigenvalue weighted by Gasteiger charge is -2.40. The summed E-state index contributed by atoms with van der Waals surface area (Å²) >= 11 is 0. The van der Waals surface area contributed by atoms with Crippen LogP contribution in [0.25, 0.3) is 11.3 Å². The summed E-state index contributed by atoms with van der Waals surface area (Å²) in [5, 5.41) is 0. The maximum absolute atomic E-state index is 2.64. The summed E-state index contributed by atoms with van der Waals surface area (Å²) in [7, 11) is 0. The Hall–Kier alpha value is -4.37. The third-order valence-electron chi connectivity index (χ3n) is 9.70. The van der Waals surface area contributed by atoms with Crippen LogP contribution in [0.2, 0.25) is 0 Å². The lowest BCUT2D eigenvalue weighted by Crippen LogP contribution is -2.75. The second-order valence-corrected chi connectivity index (χ2v) is 11.6. The van der Waals surface area contributed by atoms with E-state index in [9.17, 15) is 0 Å². The minimum absolute atomic E-state index is 0.476. The van der Waals surface area contributed by atoms with Crippen molar-refractivity contribution in [2.24, 2.45) is 0 Å². The van der Waals surface area contributed by atoms with Crippen molar-refractivity contribution < 1.29 is 13.7 Å². The molecule has 1 aromatic heterocycles. The molecule has 3 heteroatoms. The third kappa shape index (κ3) is 2.82. The van der Waals surface area contributed by atoms with Gasteiger partial charge in [-0.3, -0.25) is 0 Å². The largest absolute Gasteiger partial charge is 0.458 e. The highest BCUT2D eigenvalue weighted by Crippen LogP contribution is 2.54. The standard InChI is InChI=1S/C37H34N3/c1-27-15-3-4-16-28(27)33-21-9-12-24-38(33)36(2)31-19-7-5-17-29(31)34-22-10-13-25-39(34)37(36)32-20-8-6-18-30(32)35-23-11-14-26-40(35)37/h3-8,11-20,23-26H,9-10,21-22H2,1-2H3/q+3. The molecule has 3 aromatic carbocycles.